The van der Waals surface area contributed by atoms with E-state index in [1.807, 2.05) is 17.0 Å². The highest BCUT2D eigenvalue weighted by Crippen LogP contribution is 2.29. The van der Waals surface area contributed by atoms with Crippen LogP contribution in [0.4, 0.5) is 0 Å². The molecule has 5 heteroatoms. The molecule has 1 fully saturated rings. The fourth-order valence-corrected chi connectivity index (χ4v) is 3.44. The minimum Gasteiger partial charge on any atom is -0.478 e. The molecule has 1 aromatic carbocycles. The van der Waals surface area contributed by atoms with Crippen molar-refractivity contribution in [2.45, 2.75) is 12.8 Å². The Kier molecular flexibility index (Phi) is 3.75. The summed E-state index contributed by atoms with van der Waals surface area (Å²) in [6, 6.07) is 10.5. The van der Waals surface area contributed by atoms with Gasteiger partial charge in [0, 0.05) is 18.0 Å². The number of carboxylic acids is 1. The predicted molar refractivity (Wildman–Crippen MR) is 81.9 cm³/mol. The van der Waals surface area contributed by atoms with Gasteiger partial charge in [-0.2, -0.15) is 0 Å². The van der Waals surface area contributed by atoms with Crippen molar-refractivity contribution in [3.8, 4) is 10.4 Å². The van der Waals surface area contributed by atoms with E-state index in [1.54, 1.807) is 24.3 Å². The van der Waals surface area contributed by atoms with Crippen molar-refractivity contribution >= 4 is 23.2 Å². The first-order valence-corrected chi connectivity index (χ1v) is 7.69. The largest absolute Gasteiger partial charge is 0.478 e. The van der Waals surface area contributed by atoms with Crippen molar-refractivity contribution in [3.63, 3.8) is 0 Å². The third kappa shape index (κ3) is 2.83. The third-order valence-corrected chi connectivity index (χ3v) is 4.75. The van der Waals surface area contributed by atoms with Crippen molar-refractivity contribution in [2.75, 3.05) is 13.1 Å². The molecule has 108 valence electrons. The van der Waals surface area contributed by atoms with Gasteiger partial charge < -0.3 is 10.0 Å². The van der Waals surface area contributed by atoms with Gasteiger partial charge in [-0.1, -0.05) is 12.1 Å². The monoisotopic (exact) mass is 301 g/mol. The number of benzene rings is 1. The zero-order chi connectivity index (χ0) is 14.8. The number of thiophene rings is 1. The predicted octanol–water partition coefficient (Wildman–Crippen LogP) is 3.35. The summed E-state index contributed by atoms with van der Waals surface area (Å²) in [6.07, 6.45) is 2.17. The molecule has 0 aliphatic carbocycles. The summed E-state index contributed by atoms with van der Waals surface area (Å²) in [6.45, 7) is 1.69. The van der Waals surface area contributed by atoms with Crippen molar-refractivity contribution < 1.29 is 14.7 Å². The zero-order valence-corrected chi connectivity index (χ0v) is 12.2. The smallest absolute Gasteiger partial charge is 0.335 e. The van der Waals surface area contributed by atoms with Crippen molar-refractivity contribution in [3.05, 3.63) is 46.8 Å². The van der Waals surface area contributed by atoms with E-state index in [1.165, 1.54) is 11.3 Å². The molecule has 0 unspecified atom stereocenters. The lowest BCUT2D eigenvalue weighted by atomic mass is 10.1. The highest BCUT2D eigenvalue weighted by molar-refractivity contribution is 7.17. The van der Waals surface area contributed by atoms with Crippen LogP contribution in [0.2, 0.25) is 0 Å². The molecule has 0 atom stereocenters. The maximum absolute atomic E-state index is 12.3. The average molecular weight is 301 g/mol. The van der Waals surface area contributed by atoms with Gasteiger partial charge in [0.25, 0.3) is 5.91 Å². The number of hydrogen-bond acceptors (Lipinski definition) is 3. The number of aromatic carboxylic acids is 1. The molecule has 2 heterocycles. The van der Waals surface area contributed by atoms with Crippen LogP contribution in [0.5, 0.6) is 0 Å². The van der Waals surface area contributed by atoms with Gasteiger partial charge in [-0.3, -0.25) is 4.79 Å². The maximum atomic E-state index is 12.3. The lowest BCUT2D eigenvalue weighted by Crippen LogP contribution is -2.26. The second-order valence-electron chi connectivity index (χ2n) is 5.05. The topological polar surface area (TPSA) is 57.6 Å². The minimum absolute atomic E-state index is 0.103. The number of likely N-dealkylation sites (tertiary alicyclic amines) is 1. The number of carbonyl (C=O) groups is 2. The van der Waals surface area contributed by atoms with Gasteiger partial charge in [0.05, 0.1) is 10.4 Å². The van der Waals surface area contributed by atoms with Crippen LogP contribution in [0.25, 0.3) is 10.4 Å². The Labute approximate surface area is 126 Å². The Morgan fingerprint density at radius 2 is 1.67 bits per heavy atom. The van der Waals surface area contributed by atoms with Crippen LogP contribution in [-0.4, -0.2) is 35.0 Å². The number of rotatable bonds is 3. The molecule has 0 spiro atoms. The maximum Gasteiger partial charge on any atom is 0.335 e. The Balaban J connectivity index is 1.80. The minimum atomic E-state index is -0.933. The van der Waals surface area contributed by atoms with Gasteiger partial charge in [-0.05, 0) is 42.7 Å². The van der Waals surface area contributed by atoms with E-state index < -0.39 is 5.97 Å². The molecule has 0 bridgehead atoms. The second kappa shape index (κ2) is 5.69. The summed E-state index contributed by atoms with van der Waals surface area (Å²) in [4.78, 5) is 26.8. The second-order valence-corrected chi connectivity index (χ2v) is 6.13. The van der Waals surface area contributed by atoms with E-state index in [4.69, 9.17) is 5.11 Å². The molecule has 1 N–H and O–H groups in total. The van der Waals surface area contributed by atoms with Gasteiger partial charge in [-0.15, -0.1) is 11.3 Å². The van der Waals surface area contributed by atoms with Gasteiger partial charge in [0.15, 0.2) is 0 Å². The summed E-state index contributed by atoms with van der Waals surface area (Å²) in [7, 11) is 0. The van der Waals surface area contributed by atoms with Crippen LogP contribution in [0, 0.1) is 0 Å². The SMILES string of the molecule is O=C(O)c1ccc(-c2ccc(C(=O)N3CCCC3)s2)cc1. The molecule has 1 aliphatic heterocycles. The van der Waals surface area contributed by atoms with E-state index in [2.05, 4.69) is 0 Å². The molecular formula is C16H15NO3S. The van der Waals surface area contributed by atoms with Gasteiger partial charge in [0.2, 0.25) is 0 Å². The summed E-state index contributed by atoms with van der Waals surface area (Å²) >= 11 is 1.46. The lowest BCUT2D eigenvalue weighted by molar-refractivity contribution is 0.0696. The van der Waals surface area contributed by atoms with E-state index in [-0.39, 0.29) is 11.5 Å². The molecule has 1 amide bonds. The Morgan fingerprint density at radius 3 is 2.29 bits per heavy atom. The quantitative estimate of drug-likeness (QED) is 0.946. The van der Waals surface area contributed by atoms with Crippen LogP contribution in [-0.2, 0) is 0 Å². The van der Waals surface area contributed by atoms with Crippen LogP contribution < -0.4 is 0 Å². The summed E-state index contributed by atoms with van der Waals surface area (Å²) in [5, 5.41) is 8.90. The fraction of sp³-hybridized carbons (Fsp3) is 0.250. The molecular weight excluding hydrogens is 286 g/mol. The van der Waals surface area contributed by atoms with Crippen LogP contribution in [0.15, 0.2) is 36.4 Å². The Hall–Kier alpha value is -2.14. The molecule has 4 nitrogen and oxygen atoms in total. The number of hydrogen-bond donors (Lipinski definition) is 1. The van der Waals surface area contributed by atoms with E-state index in [9.17, 15) is 9.59 Å². The third-order valence-electron chi connectivity index (χ3n) is 3.63. The number of carbonyl (C=O) groups excluding carboxylic acids is 1. The zero-order valence-electron chi connectivity index (χ0n) is 11.4. The Bertz CT molecular complexity index is 669. The molecule has 3 rings (SSSR count). The summed E-state index contributed by atoms with van der Waals surface area (Å²) in [5.41, 5.74) is 1.20. The molecule has 1 saturated heterocycles. The fourth-order valence-electron chi connectivity index (χ4n) is 2.46. The van der Waals surface area contributed by atoms with E-state index in [0.29, 0.717) is 0 Å². The summed E-state index contributed by atoms with van der Waals surface area (Å²) < 4.78 is 0. The first-order chi connectivity index (χ1) is 10.1. The van der Waals surface area contributed by atoms with E-state index in [0.717, 1.165) is 41.2 Å². The summed E-state index contributed by atoms with van der Waals surface area (Å²) in [5.74, 6) is -0.830. The number of carboxylic acid groups (broad SMARTS) is 1. The van der Waals surface area contributed by atoms with Gasteiger partial charge >= 0.3 is 5.97 Å². The Morgan fingerprint density at radius 1 is 1.00 bits per heavy atom. The molecule has 1 aromatic heterocycles. The lowest BCUT2D eigenvalue weighted by Gasteiger charge is -2.13. The molecule has 21 heavy (non-hydrogen) atoms. The van der Waals surface area contributed by atoms with Crippen LogP contribution in [0.1, 0.15) is 32.9 Å². The van der Waals surface area contributed by atoms with Crippen LogP contribution >= 0.6 is 11.3 Å². The van der Waals surface area contributed by atoms with Crippen molar-refractivity contribution in [1.82, 2.24) is 4.90 Å². The van der Waals surface area contributed by atoms with E-state index >= 15 is 0 Å². The first-order valence-electron chi connectivity index (χ1n) is 6.88. The molecule has 0 saturated carbocycles. The average Bonchev–Trinajstić information content (AvgIpc) is 3.18. The normalized spacial score (nSPS) is 14.4. The first kappa shape index (κ1) is 13.8. The van der Waals surface area contributed by atoms with Gasteiger partial charge in [0.1, 0.15) is 0 Å². The standard InChI is InChI=1S/C16H15NO3S/c18-15(17-9-1-2-10-17)14-8-7-13(21-14)11-3-5-12(6-4-11)16(19)20/h3-8H,1-2,9-10H2,(H,19,20). The number of nitrogens with zero attached hydrogens (tertiary/aromatic N) is 1. The van der Waals surface area contributed by atoms with Crippen molar-refractivity contribution in [2.24, 2.45) is 0 Å². The molecule has 1 aliphatic rings. The highest BCUT2D eigenvalue weighted by atomic mass is 32.1. The molecule has 2 aromatic rings. The number of amides is 1. The van der Waals surface area contributed by atoms with Crippen LogP contribution in [0.3, 0.4) is 0 Å². The van der Waals surface area contributed by atoms with Gasteiger partial charge in [-0.25, -0.2) is 4.79 Å². The van der Waals surface area contributed by atoms with Crippen molar-refractivity contribution in [1.29, 1.82) is 0 Å². The molecule has 0 radical (unpaired) electrons. The highest BCUT2D eigenvalue weighted by Gasteiger charge is 2.21.